The maximum absolute atomic E-state index is 2.32. The van der Waals surface area contributed by atoms with Crippen molar-refractivity contribution in [3.05, 3.63) is 0 Å². The molecule has 1 atom stereocenters. The van der Waals surface area contributed by atoms with E-state index in [2.05, 4.69) is 39.8 Å². The molecule has 0 spiro atoms. The van der Waals surface area contributed by atoms with Crippen LogP contribution >= 0.6 is 0 Å². The summed E-state index contributed by atoms with van der Waals surface area (Å²) in [6.07, 6.45) is 5.52. The minimum Gasteiger partial charge on any atom is -0.309 e. The molecule has 0 aromatic carbocycles. The van der Waals surface area contributed by atoms with Gasteiger partial charge in [0.25, 0.3) is 0 Å². The summed E-state index contributed by atoms with van der Waals surface area (Å²) >= 11 is 0. The fourth-order valence-electron chi connectivity index (χ4n) is 1.82. The van der Waals surface area contributed by atoms with Gasteiger partial charge in [-0.3, -0.25) is 0 Å². The highest BCUT2D eigenvalue weighted by atomic mass is 15.1. The molecule has 0 saturated carbocycles. The first-order valence-electron chi connectivity index (χ1n) is 5.71. The van der Waals surface area contributed by atoms with Crippen LogP contribution in [-0.2, 0) is 0 Å². The van der Waals surface area contributed by atoms with Crippen LogP contribution in [0.25, 0.3) is 0 Å². The van der Waals surface area contributed by atoms with Crippen LogP contribution in [0.4, 0.5) is 0 Å². The molecule has 0 aliphatic heterocycles. The summed E-state index contributed by atoms with van der Waals surface area (Å²) in [4.78, 5) is 2.32. The highest BCUT2D eigenvalue weighted by Gasteiger charge is 2.09. The molecular weight excluding hydrogens is 158 g/mol. The smallest absolute Gasteiger partial charge is 0.000356 e. The van der Waals surface area contributed by atoms with Crippen LogP contribution in [0.3, 0.4) is 0 Å². The Morgan fingerprint density at radius 3 is 2.00 bits per heavy atom. The molecule has 0 aliphatic rings. The van der Waals surface area contributed by atoms with Gasteiger partial charge in [-0.1, -0.05) is 33.6 Å². The van der Waals surface area contributed by atoms with Gasteiger partial charge in [-0.25, -0.2) is 0 Å². The fraction of sp³-hybridized carbons (Fsp3) is 1.00. The van der Waals surface area contributed by atoms with Crippen LogP contribution in [0.5, 0.6) is 0 Å². The minimum atomic E-state index is 0.863. The third kappa shape index (κ3) is 8.29. The van der Waals surface area contributed by atoms with Crippen LogP contribution in [0, 0.1) is 11.8 Å². The first-order valence-corrected chi connectivity index (χ1v) is 5.71. The molecule has 0 amide bonds. The van der Waals surface area contributed by atoms with Gasteiger partial charge in [0.1, 0.15) is 0 Å². The van der Waals surface area contributed by atoms with Crippen molar-refractivity contribution < 1.29 is 0 Å². The summed E-state index contributed by atoms with van der Waals surface area (Å²) < 4.78 is 0. The number of hydrogen-bond donors (Lipinski definition) is 0. The van der Waals surface area contributed by atoms with Crippen LogP contribution in [0.15, 0.2) is 0 Å². The molecule has 0 bridgehead atoms. The van der Waals surface area contributed by atoms with E-state index in [-0.39, 0.29) is 0 Å². The SMILES string of the molecule is CCCC(CCC(C)C)CN(C)C. The van der Waals surface area contributed by atoms with Crippen molar-refractivity contribution in [2.24, 2.45) is 11.8 Å². The number of hydrogen-bond acceptors (Lipinski definition) is 1. The Morgan fingerprint density at radius 2 is 1.62 bits per heavy atom. The van der Waals surface area contributed by atoms with Gasteiger partial charge in [-0.05, 0) is 38.8 Å². The Hall–Kier alpha value is -0.0400. The van der Waals surface area contributed by atoms with E-state index >= 15 is 0 Å². The molecule has 0 fully saturated rings. The van der Waals surface area contributed by atoms with Gasteiger partial charge in [0.2, 0.25) is 0 Å². The topological polar surface area (TPSA) is 3.24 Å². The van der Waals surface area contributed by atoms with Crippen LogP contribution < -0.4 is 0 Å². The van der Waals surface area contributed by atoms with Gasteiger partial charge < -0.3 is 4.90 Å². The molecular formula is C12H27N. The van der Waals surface area contributed by atoms with E-state index < -0.39 is 0 Å². The van der Waals surface area contributed by atoms with E-state index in [1.165, 1.54) is 32.2 Å². The molecule has 0 rings (SSSR count). The van der Waals surface area contributed by atoms with E-state index in [4.69, 9.17) is 0 Å². The molecule has 0 N–H and O–H groups in total. The maximum atomic E-state index is 2.32. The van der Waals surface area contributed by atoms with Gasteiger partial charge >= 0.3 is 0 Å². The fourth-order valence-corrected chi connectivity index (χ4v) is 1.82. The van der Waals surface area contributed by atoms with E-state index in [0.29, 0.717) is 0 Å². The first kappa shape index (κ1) is 13.0. The Balaban J connectivity index is 3.66. The van der Waals surface area contributed by atoms with Crippen molar-refractivity contribution in [3.63, 3.8) is 0 Å². The quantitative estimate of drug-likeness (QED) is 0.587. The average Bonchev–Trinajstić information content (AvgIpc) is 1.99. The Labute approximate surface area is 84.5 Å². The zero-order valence-corrected chi connectivity index (χ0v) is 10.1. The van der Waals surface area contributed by atoms with Gasteiger partial charge in [-0.2, -0.15) is 0 Å². The molecule has 0 aromatic rings. The molecule has 0 aliphatic carbocycles. The van der Waals surface area contributed by atoms with E-state index in [1.807, 2.05) is 0 Å². The summed E-state index contributed by atoms with van der Waals surface area (Å²) in [5.74, 6) is 1.78. The summed E-state index contributed by atoms with van der Waals surface area (Å²) in [6, 6.07) is 0. The minimum absolute atomic E-state index is 0.863. The molecule has 0 heterocycles. The predicted molar refractivity (Wildman–Crippen MR) is 61.0 cm³/mol. The van der Waals surface area contributed by atoms with Crippen molar-refractivity contribution in [2.75, 3.05) is 20.6 Å². The van der Waals surface area contributed by atoms with Crippen molar-refractivity contribution >= 4 is 0 Å². The summed E-state index contributed by atoms with van der Waals surface area (Å²) in [7, 11) is 4.36. The lowest BCUT2D eigenvalue weighted by atomic mass is 9.94. The molecule has 0 radical (unpaired) electrons. The van der Waals surface area contributed by atoms with Gasteiger partial charge in [0.15, 0.2) is 0 Å². The maximum Gasteiger partial charge on any atom is 0.000356 e. The number of nitrogens with zero attached hydrogens (tertiary/aromatic N) is 1. The normalized spacial score (nSPS) is 14.1. The Kier molecular flexibility index (Phi) is 7.35. The summed E-state index contributed by atoms with van der Waals surface area (Å²) in [5.41, 5.74) is 0. The van der Waals surface area contributed by atoms with E-state index in [0.717, 1.165) is 11.8 Å². The zero-order chi connectivity index (χ0) is 10.3. The van der Waals surface area contributed by atoms with Crippen LogP contribution in [-0.4, -0.2) is 25.5 Å². The molecule has 0 aromatic heterocycles. The monoisotopic (exact) mass is 185 g/mol. The summed E-state index contributed by atoms with van der Waals surface area (Å²) in [6.45, 7) is 8.19. The second-order valence-corrected chi connectivity index (χ2v) is 4.89. The van der Waals surface area contributed by atoms with Gasteiger partial charge in [0.05, 0.1) is 0 Å². The Bertz CT molecular complexity index is 108. The molecule has 1 nitrogen and oxygen atoms in total. The lowest BCUT2D eigenvalue weighted by Crippen LogP contribution is -2.22. The lowest BCUT2D eigenvalue weighted by Gasteiger charge is -2.21. The van der Waals surface area contributed by atoms with Crippen molar-refractivity contribution in [1.29, 1.82) is 0 Å². The third-order valence-corrected chi connectivity index (χ3v) is 2.47. The van der Waals surface area contributed by atoms with Gasteiger partial charge in [0, 0.05) is 6.54 Å². The largest absolute Gasteiger partial charge is 0.309 e. The van der Waals surface area contributed by atoms with Crippen molar-refractivity contribution in [1.82, 2.24) is 4.90 Å². The second kappa shape index (κ2) is 7.37. The predicted octanol–water partition coefficient (Wildman–Crippen LogP) is 3.40. The highest BCUT2D eigenvalue weighted by molar-refractivity contribution is 4.63. The lowest BCUT2D eigenvalue weighted by molar-refractivity contribution is 0.284. The third-order valence-electron chi connectivity index (χ3n) is 2.47. The van der Waals surface area contributed by atoms with Crippen LogP contribution in [0.1, 0.15) is 46.5 Å². The van der Waals surface area contributed by atoms with E-state index in [9.17, 15) is 0 Å². The Morgan fingerprint density at radius 1 is 1.00 bits per heavy atom. The standard InChI is InChI=1S/C12H27N/c1-6-7-12(10-13(4)5)9-8-11(2)3/h11-12H,6-10H2,1-5H3. The van der Waals surface area contributed by atoms with Gasteiger partial charge in [-0.15, -0.1) is 0 Å². The van der Waals surface area contributed by atoms with Crippen molar-refractivity contribution in [3.8, 4) is 0 Å². The highest BCUT2D eigenvalue weighted by Crippen LogP contribution is 2.17. The molecule has 1 heteroatoms. The average molecular weight is 185 g/mol. The van der Waals surface area contributed by atoms with E-state index in [1.54, 1.807) is 0 Å². The summed E-state index contributed by atoms with van der Waals surface area (Å²) in [5, 5.41) is 0. The molecule has 80 valence electrons. The van der Waals surface area contributed by atoms with Crippen LogP contribution in [0.2, 0.25) is 0 Å². The molecule has 0 saturated heterocycles. The number of rotatable bonds is 7. The molecule has 13 heavy (non-hydrogen) atoms. The second-order valence-electron chi connectivity index (χ2n) is 4.89. The zero-order valence-electron chi connectivity index (χ0n) is 10.1. The molecule has 1 unspecified atom stereocenters. The first-order chi connectivity index (χ1) is 6.06. The van der Waals surface area contributed by atoms with Crippen molar-refractivity contribution in [2.45, 2.75) is 46.5 Å².